The molecule has 2 heterocycles. The zero-order valence-electron chi connectivity index (χ0n) is 52.0. The van der Waals surface area contributed by atoms with Crippen molar-refractivity contribution in [2.45, 2.75) is 208 Å². The molecule has 15 atom stereocenters. The summed E-state index contributed by atoms with van der Waals surface area (Å²) in [5.41, 5.74) is 5.27. The minimum atomic E-state index is -1.56. The van der Waals surface area contributed by atoms with Crippen LogP contribution in [-0.2, 0) is 68.7 Å². The molecule has 0 bridgehead atoms. The smallest absolute Gasteiger partial charge is 0.329 e. The largest absolute Gasteiger partial charge is 0.458 e. The zero-order valence-corrected chi connectivity index (χ0v) is 52.9. The van der Waals surface area contributed by atoms with E-state index in [0.717, 1.165) is 15.6 Å². The second kappa shape index (κ2) is 33.6. The van der Waals surface area contributed by atoms with Gasteiger partial charge in [-0.2, -0.15) is 0 Å². The summed E-state index contributed by atoms with van der Waals surface area (Å²) in [5.74, 6) is -15.6. The van der Waals surface area contributed by atoms with Crippen molar-refractivity contribution in [3.63, 3.8) is 0 Å². The number of esters is 1. The van der Waals surface area contributed by atoms with Crippen molar-refractivity contribution in [3.05, 3.63) is 35.2 Å². The molecular weight excluding hydrogens is 1130 g/mol. The number of fused-ring (bicyclic) bond motifs is 1. The van der Waals surface area contributed by atoms with Gasteiger partial charge in [-0.15, -0.1) is 11.3 Å². The Balaban J connectivity index is 1.50. The highest BCUT2D eigenvalue weighted by atomic mass is 32.1. The molecule has 22 nitrogen and oxygen atoms in total. The summed E-state index contributed by atoms with van der Waals surface area (Å²) in [6.07, 6.45) is -0.839. The van der Waals surface area contributed by atoms with Gasteiger partial charge in [-0.3, -0.25) is 52.7 Å². The molecule has 23 heteroatoms. The van der Waals surface area contributed by atoms with Gasteiger partial charge in [-0.1, -0.05) is 113 Å². The second-order valence-corrected chi connectivity index (χ2v) is 25.2. The molecule has 1 aromatic heterocycles. The number of aliphatic hydroxyl groups is 2. The molecule has 2 aliphatic rings. The number of thiophene rings is 1. The maximum Gasteiger partial charge on any atom is 0.329 e. The van der Waals surface area contributed by atoms with Crippen LogP contribution in [0.3, 0.4) is 0 Å². The molecule has 478 valence electrons. The highest BCUT2D eigenvalue weighted by Gasteiger charge is 2.53. The Bertz CT molecular complexity index is 2750. The van der Waals surface area contributed by atoms with Crippen molar-refractivity contribution in [2.24, 2.45) is 59.0 Å². The van der Waals surface area contributed by atoms with E-state index in [9.17, 15) is 67.7 Å². The Hall–Kier alpha value is -6.46. The molecule has 7 amide bonds. The third-order valence-electron chi connectivity index (χ3n) is 17.8. The fraction of sp³-hybridized carbons (Fsp3) is 0.683. The molecule has 10 N–H and O–H groups in total. The summed E-state index contributed by atoms with van der Waals surface area (Å²) in [4.78, 5) is 166. The van der Waals surface area contributed by atoms with Crippen LogP contribution in [0.2, 0.25) is 0 Å². The molecule has 1 spiro atoms. The number of hydrogen-bond acceptors (Lipinski definition) is 16. The third-order valence-corrected chi connectivity index (χ3v) is 18.8. The van der Waals surface area contributed by atoms with Crippen LogP contribution in [0.15, 0.2) is 29.6 Å². The topological polar surface area (TPSA) is 353 Å². The number of primary amides is 1. The van der Waals surface area contributed by atoms with Gasteiger partial charge in [0, 0.05) is 54.6 Å². The first kappa shape index (κ1) is 72.0. The molecule has 1 saturated heterocycles. The number of carbonyl (C=O) groups excluding carboxylic acids is 12. The molecule has 2 fully saturated rings. The molecule has 2 aromatic rings. The van der Waals surface area contributed by atoms with Gasteiger partial charge in [0.05, 0.1) is 43.2 Å². The van der Waals surface area contributed by atoms with E-state index in [-0.39, 0.29) is 24.7 Å². The first-order chi connectivity index (χ1) is 40.6. The first-order valence-electron chi connectivity index (χ1n) is 30.7. The molecule has 86 heavy (non-hydrogen) atoms. The van der Waals surface area contributed by atoms with Gasteiger partial charge in [0.1, 0.15) is 23.7 Å². The number of cyclic esters (lactones) is 1. The number of benzene rings is 1. The molecule has 1 aromatic carbocycles. The van der Waals surface area contributed by atoms with Crippen molar-refractivity contribution in [2.75, 3.05) is 13.2 Å². The number of aliphatic hydroxyl groups excluding tert-OH is 2. The van der Waals surface area contributed by atoms with Gasteiger partial charge in [0.2, 0.25) is 41.4 Å². The molecule has 0 radical (unpaired) electrons. The van der Waals surface area contributed by atoms with E-state index < -0.39 is 193 Å². The van der Waals surface area contributed by atoms with Gasteiger partial charge in [0.15, 0.2) is 23.1 Å². The molecule has 1 aliphatic carbocycles. The average molecular weight is 1220 g/mol. The van der Waals surface area contributed by atoms with Gasteiger partial charge in [-0.05, 0) is 85.1 Å². The maximum absolute atomic E-state index is 14.5. The van der Waals surface area contributed by atoms with Crippen LogP contribution in [0.25, 0.3) is 10.1 Å². The van der Waals surface area contributed by atoms with Crippen LogP contribution in [0.4, 0.5) is 0 Å². The standard InChI is InChI=1S/C63H95N7O15S/c1-12-33(6)44(29-46(73)45(21-22-51(64)77)65-58(80)40(30-71)27-48(75)52(34(7)13-2)66-57(79)39(16-5)26-42-32-86-50-20-18-17-19-43(42)50)60(82)67-53(35(8)14-3)49(76)28-41(31-72)59(81)68-55-38(11)85-61(83)54(36(9)15-4)69-62(84)63(23-24-63)70-56(78)37(10)25-47(55)74/h17-20,32-41,44-45,52-55,71-72H,12-16,21-31H2,1-11H3,(H2,64,77)(H,65,80)(H,66,79)(H,67,82)(H,68,81)(H,69,84)(H,70,78)/t33-,34-,35-,36-,37+,38-,39+,40-,41-,44+,45+,52-,53-,54-,55+/m0/s1. The predicted octanol–water partition coefficient (Wildman–Crippen LogP) is 4.24. The third kappa shape index (κ3) is 19.5. The van der Waals surface area contributed by atoms with Gasteiger partial charge in [-0.25, -0.2) is 4.79 Å². The van der Waals surface area contributed by atoms with E-state index in [1.165, 1.54) is 13.8 Å². The van der Waals surface area contributed by atoms with E-state index in [1.54, 1.807) is 59.8 Å². The molecular formula is C63H95N7O15S. The lowest BCUT2D eigenvalue weighted by atomic mass is 9.83. The molecule has 4 rings (SSSR count). The number of ketones is 4. The summed E-state index contributed by atoms with van der Waals surface area (Å²) in [5, 5.41) is 40.6. The maximum atomic E-state index is 14.5. The Kier molecular flexibility index (Phi) is 28.1. The lowest BCUT2D eigenvalue weighted by Crippen LogP contribution is -2.56. The van der Waals surface area contributed by atoms with E-state index in [1.807, 2.05) is 43.5 Å². The molecule has 1 aliphatic heterocycles. The second-order valence-electron chi connectivity index (χ2n) is 24.2. The van der Waals surface area contributed by atoms with Gasteiger partial charge in [0.25, 0.3) is 0 Å². The molecule has 0 unspecified atom stereocenters. The number of nitrogens with two attached hydrogens (primary N) is 1. The lowest BCUT2D eigenvalue weighted by Gasteiger charge is -2.30. The number of carbonyl (C=O) groups is 12. The Morgan fingerprint density at radius 2 is 1.27 bits per heavy atom. The first-order valence-corrected chi connectivity index (χ1v) is 31.6. The average Bonchev–Trinajstić information content (AvgIpc) is 2.91. The fourth-order valence-electron chi connectivity index (χ4n) is 10.7. The lowest BCUT2D eigenvalue weighted by molar-refractivity contribution is -0.157. The van der Waals surface area contributed by atoms with Crippen molar-refractivity contribution < 1.29 is 72.5 Å². The van der Waals surface area contributed by atoms with Crippen molar-refractivity contribution in [1.29, 1.82) is 0 Å². The van der Waals surface area contributed by atoms with Crippen LogP contribution in [0.1, 0.15) is 165 Å². The number of hydrogen-bond donors (Lipinski definition) is 9. The minimum absolute atomic E-state index is 0.289. The van der Waals surface area contributed by atoms with E-state index in [2.05, 4.69) is 31.9 Å². The number of ether oxygens (including phenoxy) is 1. The summed E-state index contributed by atoms with van der Waals surface area (Å²) >= 11 is 1.58. The molecule has 1 saturated carbocycles. The van der Waals surface area contributed by atoms with Gasteiger partial charge < -0.3 is 52.6 Å². The van der Waals surface area contributed by atoms with Crippen molar-refractivity contribution >= 4 is 91.9 Å². The van der Waals surface area contributed by atoms with E-state index in [4.69, 9.17) is 10.5 Å². The van der Waals surface area contributed by atoms with E-state index >= 15 is 0 Å². The Labute approximate surface area is 509 Å². The van der Waals surface area contributed by atoms with Crippen LogP contribution in [0, 0.1) is 53.3 Å². The summed E-state index contributed by atoms with van der Waals surface area (Å²) in [6.45, 7) is 17.2. The van der Waals surface area contributed by atoms with Crippen LogP contribution in [0.5, 0.6) is 0 Å². The highest BCUT2D eigenvalue weighted by molar-refractivity contribution is 7.17. The van der Waals surface area contributed by atoms with E-state index in [0.29, 0.717) is 51.4 Å². The van der Waals surface area contributed by atoms with Crippen LogP contribution in [-0.4, -0.2) is 136 Å². The number of nitrogens with one attached hydrogen (secondary N) is 6. The summed E-state index contributed by atoms with van der Waals surface area (Å²) in [7, 11) is 0. The normalized spacial score (nSPS) is 21.9. The number of rotatable bonds is 33. The van der Waals surface area contributed by atoms with Crippen molar-refractivity contribution in [1.82, 2.24) is 31.9 Å². The Morgan fingerprint density at radius 3 is 1.80 bits per heavy atom. The minimum Gasteiger partial charge on any atom is -0.458 e. The SMILES string of the molecule is CC[C@H](Cc1csc2ccccc12)C(=O)N[C@H](C(=O)C[C@@H](CO)C(=O)N[C@H](CCC(N)=O)C(=O)C[C@@H](C(=O)N[C@H](C(=O)C[C@@H](CO)C(=O)N[C@H]1C(=O)C[C@@H](C)C(=O)NC2(CC2)C(=O)N[C@@H]([C@@H](C)CC)C(=O)O[C@H]1C)[C@@H](C)CC)[C@@H](C)CC)[C@@H](C)CC. The quantitative estimate of drug-likeness (QED) is 0.0451. The number of Topliss-reactive ketones (excluding diaryl/α,β-unsaturated/α-hetero) is 4. The summed E-state index contributed by atoms with van der Waals surface area (Å²) in [6, 6.07) is 1.48. The van der Waals surface area contributed by atoms with Gasteiger partial charge >= 0.3 is 5.97 Å². The van der Waals surface area contributed by atoms with Crippen molar-refractivity contribution in [3.8, 4) is 0 Å². The zero-order chi connectivity index (χ0) is 64.3. The van der Waals surface area contributed by atoms with Crippen LogP contribution >= 0.6 is 11.3 Å². The summed E-state index contributed by atoms with van der Waals surface area (Å²) < 4.78 is 6.85. The predicted molar refractivity (Wildman–Crippen MR) is 323 cm³/mol. The monoisotopic (exact) mass is 1220 g/mol. The number of amides is 7. The van der Waals surface area contributed by atoms with Crippen LogP contribution < -0.4 is 37.6 Å². The fourth-order valence-corrected chi connectivity index (χ4v) is 11.7. The Morgan fingerprint density at radius 1 is 0.709 bits per heavy atom. The highest BCUT2D eigenvalue weighted by Crippen LogP contribution is 2.37.